The molecule has 2 aliphatic heterocycles. The Labute approximate surface area is 216 Å². The lowest BCUT2D eigenvalue weighted by atomic mass is 10.1. The second-order valence-corrected chi connectivity index (χ2v) is 10.4. The Balaban J connectivity index is 1.17. The Morgan fingerprint density at radius 2 is 1.86 bits per heavy atom. The van der Waals surface area contributed by atoms with E-state index >= 15 is 0 Å². The van der Waals surface area contributed by atoms with Crippen LogP contribution in [-0.2, 0) is 10.5 Å². The quantitative estimate of drug-likeness (QED) is 0.524. The van der Waals surface area contributed by atoms with Crippen LogP contribution in [-0.4, -0.2) is 59.7 Å². The maximum Gasteiger partial charge on any atom is 0.254 e. The van der Waals surface area contributed by atoms with Gasteiger partial charge in [-0.2, -0.15) is 11.8 Å². The van der Waals surface area contributed by atoms with Gasteiger partial charge in [0.2, 0.25) is 5.91 Å². The predicted molar refractivity (Wildman–Crippen MR) is 147 cm³/mol. The molecule has 1 atom stereocenters. The fraction of sp³-hybridized carbons (Fsp3) is 0.321. The smallest absolute Gasteiger partial charge is 0.254 e. The van der Waals surface area contributed by atoms with Crippen LogP contribution >= 0.6 is 11.8 Å². The average molecular weight is 502 g/mol. The highest BCUT2D eigenvalue weighted by molar-refractivity contribution is 7.98. The minimum absolute atomic E-state index is 0.0149. The number of aryl methyl sites for hydroxylation is 2. The van der Waals surface area contributed by atoms with Crippen LogP contribution in [0.4, 0.5) is 17.2 Å². The van der Waals surface area contributed by atoms with Gasteiger partial charge in [-0.15, -0.1) is 0 Å². The van der Waals surface area contributed by atoms with Gasteiger partial charge in [-0.1, -0.05) is 29.8 Å². The Kier molecular flexibility index (Phi) is 7.13. The first-order valence-corrected chi connectivity index (χ1v) is 13.4. The van der Waals surface area contributed by atoms with Crippen molar-refractivity contribution in [2.75, 3.05) is 47.5 Å². The number of nitrogens with one attached hydrogen (secondary N) is 2. The van der Waals surface area contributed by atoms with Crippen molar-refractivity contribution in [3.05, 3.63) is 83.0 Å². The SMILES string of the molecule is Cc1ccc(C)c(CSCC2Nc3ccc(C(=O)N4CCN(c5ccccn5)CC4)cc3NC2=O)c1. The number of carbonyl (C=O) groups is 2. The Hall–Kier alpha value is -3.52. The van der Waals surface area contributed by atoms with Gasteiger partial charge < -0.3 is 20.4 Å². The second-order valence-electron chi connectivity index (χ2n) is 9.36. The van der Waals surface area contributed by atoms with Gasteiger partial charge in [-0.05, 0) is 55.3 Å². The number of amides is 2. The monoisotopic (exact) mass is 501 g/mol. The van der Waals surface area contributed by atoms with Gasteiger partial charge in [-0.25, -0.2) is 4.98 Å². The molecule has 2 aromatic carbocycles. The first-order chi connectivity index (χ1) is 17.5. The van der Waals surface area contributed by atoms with Crippen LogP contribution in [0.15, 0.2) is 60.8 Å². The maximum absolute atomic E-state index is 13.2. The van der Waals surface area contributed by atoms with Crippen LogP contribution < -0.4 is 15.5 Å². The van der Waals surface area contributed by atoms with Crippen molar-refractivity contribution >= 4 is 40.8 Å². The summed E-state index contributed by atoms with van der Waals surface area (Å²) >= 11 is 1.75. The molecule has 0 aliphatic carbocycles. The standard InChI is InChI=1S/C28H31N5O2S/c1-19-6-7-20(2)22(15-19)17-36-18-25-27(34)31-24-16-21(8-9-23(24)30-25)28(35)33-13-11-32(12-14-33)26-5-3-4-10-29-26/h3-10,15-16,25,30H,11-14,17-18H2,1-2H3,(H,31,34). The van der Waals surface area contributed by atoms with E-state index in [0.29, 0.717) is 30.1 Å². The van der Waals surface area contributed by atoms with Crippen LogP contribution in [0.5, 0.6) is 0 Å². The molecule has 0 saturated carbocycles. The minimum Gasteiger partial charge on any atom is -0.371 e. The third-order valence-electron chi connectivity index (χ3n) is 6.76. The Morgan fingerprint density at radius 3 is 2.64 bits per heavy atom. The zero-order chi connectivity index (χ0) is 25.1. The van der Waals surface area contributed by atoms with Gasteiger partial charge >= 0.3 is 0 Å². The lowest BCUT2D eigenvalue weighted by Gasteiger charge is -2.35. The summed E-state index contributed by atoms with van der Waals surface area (Å²) in [4.78, 5) is 34.4. The van der Waals surface area contributed by atoms with Gasteiger partial charge in [0.25, 0.3) is 5.91 Å². The molecule has 5 rings (SSSR count). The number of carbonyl (C=O) groups excluding carboxylic acids is 2. The fourth-order valence-corrected chi connectivity index (χ4v) is 5.72. The summed E-state index contributed by atoms with van der Waals surface area (Å²) < 4.78 is 0. The molecule has 2 amide bonds. The van der Waals surface area contributed by atoms with Crippen LogP contribution in [0, 0.1) is 13.8 Å². The van der Waals surface area contributed by atoms with Crippen LogP contribution in [0.3, 0.4) is 0 Å². The summed E-state index contributed by atoms with van der Waals surface area (Å²) in [5, 5.41) is 6.36. The van der Waals surface area contributed by atoms with Gasteiger partial charge in [0, 0.05) is 49.4 Å². The molecule has 1 unspecified atom stereocenters. The highest BCUT2D eigenvalue weighted by Crippen LogP contribution is 2.30. The normalized spacial score (nSPS) is 17.3. The van der Waals surface area contributed by atoms with Crippen molar-refractivity contribution in [2.24, 2.45) is 0 Å². The van der Waals surface area contributed by atoms with E-state index in [9.17, 15) is 9.59 Å². The molecule has 0 radical (unpaired) electrons. The molecular formula is C28H31N5O2S. The molecule has 8 heteroatoms. The number of anilines is 3. The zero-order valence-corrected chi connectivity index (χ0v) is 21.5. The van der Waals surface area contributed by atoms with Crippen molar-refractivity contribution in [3.63, 3.8) is 0 Å². The number of thioether (sulfide) groups is 1. The molecule has 0 bridgehead atoms. The minimum atomic E-state index is -0.311. The lowest BCUT2D eigenvalue weighted by Crippen LogP contribution is -2.49. The molecule has 1 saturated heterocycles. The van der Waals surface area contributed by atoms with Crippen LogP contribution in [0.25, 0.3) is 0 Å². The van der Waals surface area contributed by atoms with E-state index in [4.69, 9.17) is 0 Å². The van der Waals surface area contributed by atoms with Crippen molar-refractivity contribution in [1.82, 2.24) is 9.88 Å². The van der Waals surface area contributed by atoms with Crippen LogP contribution in [0.2, 0.25) is 0 Å². The molecule has 1 fully saturated rings. The molecule has 2 aliphatic rings. The predicted octanol–water partition coefficient (Wildman–Crippen LogP) is 4.33. The summed E-state index contributed by atoms with van der Waals surface area (Å²) in [7, 11) is 0. The van der Waals surface area contributed by atoms with E-state index in [-0.39, 0.29) is 17.9 Å². The molecule has 3 aromatic rings. The third kappa shape index (κ3) is 5.33. The van der Waals surface area contributed by atoms with E-state index in [1.165, 1.54) is 16.7 Å². The first kappa shape index (κ1) is 24.2. The lowest BCUT2D eigenvalue weighted by molar-refractivity contribution is -0.116. The van der Waals surface area contributed by atoms with Crippen molar-refractivity contribution in [2.45, 2.75) is 25.6 Å². The highest BCUT2D eigenvalue weighted by atomic mass is 32.2. The van der Waals surface area contributed by atoms with Crippen molar-refractivity contribution < 1.29 is 9.59 Å². The van der Waals surface area contributed by atoms with Crippen molar-refractivity contribution in [1.29, 1.82) is 0 Å². The number of hydrogen-bond donors (Lipinski definition) is 2. The van der Waals surface area contributed by atoms with E-state index in [1.54, 1.807) is 24.0 Å². The second kappa shape index (κ2) is 10.6. The first-order valence-electron chi connectivity index (χ1n) is 12.3. The molecule has 7 nitrogen and oxygen atoms in total. The number of fused-ring (bicyclic) bond motifs is 1. The van der Waals surface area contributed by atoms with Gasteiger partial charge in [0.05, 0.1) is 11.4 Å². The Morgan fingerprint density at radius 1 is 1.03 bits per heavy atom. The van der Waals surface area contributed by atoms with Crippen molar-refractivity contribution in [3.8, 4) is 0 Å². The number of benzene rings is 2. The topological polar surface area (TPSA) is 77.6 Å². The van der Waals surface area contributed by atoms with Crippen LogP contribution in [0.1, 0.15) is 27.0 Å². The molecule has 3 heterocycles. The van der Waals surface area contributed by atoms with Gasteiger partial charge in [0.15, 0.2) is 0 Å². The molecule has 0 spiro atoms. The molecular weight excluding hydrogens is 470 g/mol. The van der Waals surface area contributed by atoms with E-state index < -0.39 is 0 Å². The van der Waals surface area contributed by atoms with Gasteiger partial charge in [0.1, 0.15) is 11.9 Å². The molecule has 186 valence electrons. The largest absolute Gasteiger partial charge is 0.371 e. The van der Waals surface area contributed by atoms with E-state index in [0.717, 1.165) is 30.3 Å². The summed E-state index contributed by atoms with van der Waals surface area (Å²) in [6, 6.07) is 17.6. The number of piperazine rings is 1. The molecule has 2 N–H and O–H groups in total. The average Bonchev–Trinajstić information content (AvgIpc) is 2.91. The number of nitrogens with zero attached hydrogens (tertiary/aromatic N) is 3. The molecule has 1 aromatic heterocycles. The highest BCUT2D eigenvalue weighted by Gasteiger charge is 2.28. The summed E-state index contributed by atoms with van der Waals surface area (Å²) in [5.74, 6) is 2.39. The molecule has 36 heavy (non-hydrogen) atoms. The number of aromatic nitrogens is 1. The summed E-state index contributed by atoms with van der Waals surface area (Å²) in [6.07, 6.45) is 1.79. The van der Waals surface area contributed by atoms with E-state index in [2.05, 4.69) is 52.6 Å². The maximum atomic E-state index is 13.2. The summed E-state index contributed by atoms with van der Waals surface area (Å²) in [5.41, 5.74) is 5.93. The summed E-state index contributed by atoms with van der Waals surface area (Å²) in [6.45, 7) is 6.98. The number of hydrogen-bond acceptors (Lipinski definition) is 6. The fourth-order valence-electron chi connectivity index (χ4n) is 4.60. The third-order valence-corrected chi connectivity index (χ3v) is 7.84. The van der Waals surface area contributed by atoms with E-state index in [1.807, 2.05) is 35.2 Å². The number of pyridine rings is 1. The number of rotatable bonds is 6. The van der Waals surface area contributed by atoms with Gasteiger partial charge in [-0.3, -0.25) is 9.59 Å². The zero-order valence-electron chi connectivity index (χ0n) is 20.7. The Bertz CT molecular complexity index is 1260.